The van der Waals surface area contributed by atoms with Crippen molar-refractivity contribution in [3.05, 3.63) is 58.7 Å². The normalized spacial score (nSPS) is 10.5. The van der Waals surface area contributed by atoms with E-state index in [9.17, 15) is 0 Å². The summed E-state index contributed by atoms with van der Waals surface area (Å²) in [6.45, 7) is 4.81. The average Bonchev–Trinajstić information content (AvgIpc) is 2.70. The van der Waals surface area contributed by atoms with E-state index in [-0.39, 0.29) is 0 Å². The summed E-state index contributed by atoms with van der Waals surface area (Å²) in [4.78, 5) is 9.47. The van der Waals surface area contributed by atoms with E-state index in [1.54, 1.807) is 7.11 Å². The summed E-state index contributed by atoms with van der Waals surface area (Å²) >= 11 is 3.46. The van der Waals surface area contributed by atoms with Crippen LogP contribution in [0.1, 0.15) is 19.5 Å². The van der Waals surface area contributed by atoms with Gasteiger partial charge < -0.3 is 14.8 Å². The molecule has 0 saturated heterocycles. The first-order valence-electron chi connectivity index (χ1n) is 8.87. The minimum atomic E-state index is 0.629. The van der Waals surface area contributed by atoms with E-state index in [1.807, 2.05) is 55.5 Å². The average molecular weight is 428 g/mol. The summed E-state index contributed by atoms with van der Waals surface area (Å²) in [5.74, 6) is 3.27. The molecule has 2 aromatic carbocycles. The fraction of sp³-hybridized carbons (Fsp3) is 0.238. The summed E-state index contributed by atoms with van der Waals surface area (Å²) in [5, 5.41) is 3.30. The van der Waals surface area contributed by atoms with E-state index < -0.39 is 0 Å². The van der Waals surface area contributed by atoms with Crippen LogP contribution in [0, 0.1) is 0 Å². The van der Waals surface area contributed by atoms with Gasteiger partial charge in [0.05, 0.1) is 12.8 Å². The molecule has 0 aliphatic carbocycles. The van der Waals surface area contributed by atoms with Crippen molar-refractivity contribution in [2.24, 2.45) is 0 Å². The fourth-order valence-corrected chi connectivity index (χ4v) is 2.94. The van der Waals surface area contributed by atoms with E-state index in [4.69, 9.17) is 19.4 Å². The number of hydrogen-bond donors (Lipinski definition) is 1. The van der Waals surface area contributed by atoms with Crippen molar-refractivity contribution in [1.29, 1.82) is 0 Å². The van der Waals surface area contributed by atoms with Crippen molar-refractivity contribution < 1.29 is 9.47 Å². The van der Waals surface area contributed by atoms with Crippen molar-refractivity contribution in [2.75, 3.05) is 19.0 Å². The molecule has 3 aromatic rings. The maximum atomic E-state index is 6.20. The fourth-order valence-electron chi connectivity index (χ4n) is 2.67. The number of nitrogens with one attached hydrogen (secondary N) is 1. The molecule has 1 heterocycles. The maximum absolute atomic E-state index is 6.20. The van der Waals surface area contributed by atoms with Gasteiger partial charge in [-0.3, -0.25) is 0 Å². The topological polar surface area (TPSA) is 56.3 Å². The van der Waals surface area contributed by atoms with E-state index in [1.165, 1.54) is 0 Å². The molecule has 140 valence electrons. The highest BCUT2D eigenvalue weighted by Gasteiger charge is 2.18. The first-order valence-corrected chi connectivity index (χ1v) is 9.67. The lowest BCUT2D eigenvalue weighted by Gasteiger charge is -2.17. The van der Waals surface area contributed by atoms with E-state index >= 15 is 0 Å². The first-order chi connectivity index (χ1) is 13.2. The minimum absolute atomic E-state index is 0.629. The van der Waals surface area contributed by atoms with Gasteiger partial charge in [0, 0.05) is 16.6 Å². The number of nitrogens with zero attached hydrogens (tertiary/aromatic N) is 2. The summed E-state index contributed by atoms with van der Waals surface area (Å²) in [6.07, 6.45) is 0.717. The van der Waals surface area contributed by atoms with Crippen LogP contribution in [0.2, 0.25) is 0 Å². The van der Waals surface area contributed by atoms with Crippen LogP contribution in [0.15, 0.2) is 53.0 Å². The van der Waals surface area contributed by atoms with Crippen molar-refractivity contribution in [1.82, 2.24) is 9.97 Å². The van der Waals surface area contributed by atoms with Crippen molar-refractivity contribution in [3.63, 3.8) is 0 Å². The number of rotatable bonds is 7. The molecule has 27 heavy (non-hydrogen) atoms. The molecule has 0 radical (unpaired) electrons. The molecule has 0 fully saturated rings. The van der Waals surface area contributed by atoms with Crippen molar-refractivity contribution in [3.8, 4) is 28.6 Å². The van der Waals surface area contributed by atoms with Crippen molar-refractivity contribution in [2.45, 2.75) is 20.3 Å². The Morgan fingerprint density at radius 1 is 0.963 bits per heavy atom. The molecule has 0 bridgehead atoms. The molecule has 3 rings (SSSR count). The number of aryl methyl sites for hydroxylation is 1. The van der Waals surface area contributed by atoms with Gasteiger partial charge in [0.25, 0.3) is 0 Å². The van der Waals surface area contributed by atoms with Gasteiger partial charge in [-0.05, 0) is 37.6 Å². The summed E-state index contributed by atoms with van der Waals surface area (Å²) in [5.41, 5.74) is 1.79. The summed E-state index contributed by atoms with van der Waals surface area (Å²) in [6, 6.07) is 15.5. The van der Waals surface area contributed by atoms with E-state index in [0.717, 1.165) is 28.7 Å². The third-order valence-corrected chi connectivity index (χ3v) is 4.53. The second-order valence-electron chi connectivity index (χ2n) is 5.82. The van der Waals surface area contributed by atoms with Gasteiger partial charge in [0.2, 0.25) is 0 Å². The van der Waals surface area contributed by atoms with Crippen LogP contribution >= 0.6 is 15.9 Å². The van der Waals surface area contributed by atoms with E-state index in [0.29, 0.717) is 28.9 Å². The van der Waals surface area contributed by atoms with Crippen LogP contribution in [0.5, 0.6) is 17.2 Å². The molecule has 1 N–H and O–H groups in total. The number of hydrogen-bond acceptors (Lipinski definition) is 5. The number of aromatic nitrogens is 2. The van der Waals surface area contributed by atoms with Crippen LogP contribution < -0.4 is 14.8 Å². The Bertz CT molecular complexity index is 914. The Balaban J connectivity index is 2.08. The molecule has 0 saturated carbocycles. The van der Waals surface area contributed by atoms with Crippen LogP contribution in [-0.4, -0.2) is 23.6 Å². The standard InChI is InChI=1S/C21H22BrN3O2/c1-4-16-19(27-18-9-7-6-8-17(18)26-3)21(23-5-2)25-20(24-16)14-10-12-15(22)13-11-14/h6-13H,4-5H2,1-3H3,(H,23,24,25). The van der Waals surface area contributed by atoms with Gasteiger partial charge in [0.1, 0.15) is 0 Å². The molecule has 0 aliphatic rings. The largest absolute Gasteiger partial charge is 0.493 e. The van der Waals surface area contributed by atoms with Gasteiger partial charge in [-0.25, -0.2) is 9.97 Å². The van der Waals surface area contributed by atoms with Gasteiger partial charge in [0.15, 0.2) is 28.9 Å². The highest BCUT2D eigenvalue weighted by Crippen LogP contribution is 2.37. The number of benzene rings is 2. The summed E-state index contributed by atoms with van der Waals surface area (Å²) < 4.78 is 12.6. The Morgan fingerprint density at radius 2 is 1.67 bits per heavy atom. The van der Waals surface area contributed by atoms with Gasteiger partial charge >= 0.3 is 0 Å². The number of halogens is 1. The molecule has 0 amide bonds. The zero-order valence-corrected chi connectivity index (χ0v) is 17.2. The molecule has 5 nitrogen and oxygen atoms in total. The SMILES string of the molecule is CCNc1nc(-c2ccc(Br)cc2)nc(CC)c1Oc1ccccc1OC. The Morgan fingerprint density at radius 3 is 2.30 bits per heavy atom. The molecule has 0 aliphatic heterocycles. The smallest absolute Gasteiger partial charge is 0.191 e. The van der Waals surface area contributed by atoms with E-state index in [2.05, 4.69) is 28.2 Å². The van der Waals surface area contributed by atoms with Crippen LogP contribution in [0.4, 0.5) is 5.82 Å². The third kappa shape index (κ3) is 4.39. The Labute approximate surface area is 167 Å². The van der Waals surface area contributed by atoms with Crippen LogP contribution in [-0.2, 0) is 6.42 Å². The molecule has 6 heteroatoms. The molecule has 1 aromatic heterocycles. The van der Waals surface area contributed by atoms with Crippen LogP contribution in [0.3, 0.4) is 0 Å². The second-order valence-corrected chi connectivity index (χ2v) is 6.73. The first kappa shape index (κ1) is 19.2. The Kier molecular flexibility index (Phi) is 6.29. The number of para-hydroxylation sites is 2. The zero-order chi connectivity index (χ0) is 19.2. The number of ether oxygens (including phenoxy) is 2. The molecule has 0 unspecified atom stereocenters. The van der Waals surface area contributed by atoms with Gasteiger partial charge in [-0.15, -0.1) is 0 Å². The summed E-state index contributed by atoms with van der Waals surface area (Å²) in [7, 11) is 1.63. The maximum Gasteiger partial charge on any atom is 0.191 e. The third-order valence-electron chi connectivity index (χ3n) is 4.00. The highest BCUT2D eigenvalue weighted by atomic mass is 79.9. The van der Waals surface area contributed by atoms with Crippen molar-refractivity contribution >= 4 is 21.7 Å². The lowest BCUT2D eigenvalue weighted by atomic mass is 10.2. The lowest BCUT2D eigenvalue weighted by molar-refractivity contribution is 0.377. The highest BCUT2D eigenvalue weighted by molar-refractivity contribution is 9.10. The quantitative estimate of drug-likeness (QED) is 0.523. The molecular weight excluding hydrogens is 406 g/mol. The zero-order valence-electron chi connectivity index (χ0n) is 15.6. The molecule has 0 spiro atoms. The number of methoxy groups -OCH3 is 1. The monoisotopic (exact) mass is 427 g/mol. The predicted octanol–water partition coefficient (Wildman–Crippen LogP) is 5.70. The minimum Gasteiger partial charge on any atom is -0.493 e. The van der Waals surface area contributed by atoms with Gasteiger partial charge in [-0.2, -0.15) is 0 Å². The number of anilines is 1. The predicted molar refractivity (Wildman–Crippen MR) is 112 cm³/mol. The molecule has 0 atom stereocenters. The second kappa shape index (κ2) is 8.86. The lowest BCUT2D eigenvalue weighted by Crippen LogP contribution is -2.08. The van der Waals surface area contributed by atoms with Gasteiger partial charge in [-0.1, -0.05) is 47.1 Å². The molecular formula is C21H22BrN3O2. The Hall–Kier alpha value is -2.60. The van der Waals surface area contributed by atoms with Crippen LogP contribution in [0.25, 0.3) is 11.4 Å².